The average molecular weight is 392 g/mol. The number of para-hydroxylation sites is 1. The quantitative estimate of drug-likeness (QED) is 0.847. The molecule has 0 radical (unpaired) electrons. The molecule has 0 bridgehead atoms. The number of carboxylic acids is 1. The molecule has 1 saturated heterocycles. The van der Waals surface area contributed by atoms with Crippen molar-refractivity contribution in [1.82, 2.24) is 0 Å². The maximum atomic E-state index is 13.5. The maximum Gasteiger partial charge on any atom is 0.309 e. The van der Waals surface area contributed by atoms with Gasteiger partial charge in [-0.2, -0.15) is 0 Å². The molecule has 0 spiro atoms. The molecule has 1 unspecified atom stereocenters. The van der Waals surface area contributed by atoms with Crippen LogP contribution in [-0.4, -0.2) is 36.6 Å². The van der Waals surface area contributed by atoms with Crippen molar-refractivity contribution in [2.24, 2.45) is 5.41 Å². The van der Waals surface area contributed by atoms with Gasteiger partial charge in [0.1, 0.15) is 0 Å². The van der Waals surface area contributed by atoms with Gasteiger partial charge in [0.2, 0.25) is 0 Å². The Labute approximate surface area is 171 Å². The smallest absolute Gasteiger partial charge is 0.309 e. The third-order valence-electron chi connectivity index (χ3n) is 6.42. The Morgan fingerprint density at radius 3 is 2.45 bits per heavy atom. The zero-order chi connectivity index (χ0) is 20.6. The molecular formula is C24H28N2O3. The van der Waals surface area contributed by atoms with E-state index in [2.05, 4.69) is 11.0 Å². The van der Waals surface area contributed by atoms with Crippen molar-refractivity contribution < 1.29 is 14.7 Å². The summed E-state index contributed by atoms with van der Waals surface area (Å²) in [4.78, 5) is 29.5. The van der Waals surface area contributed by atoms with E-state index in [9.17, 15) is 14.7 Å². The van der Waals surface area contributed by atoms with Crippen LogP contribution >= 0.6 is 0 Å². The molecule has 2 aromatic carbocycles. The van der Waals surface area contributed by atoms with Crippen molar-refractivity contribution in [2.75, 3.05) is 29.4 Å². The summed E-state index contributed by atoms with van der Waals surface area (Å²) >= 11 is 0. The second kappa shape index (κ2) is 7.54. The molecule has 2 aliphatic heterocycles. The molecule has 1 N–H and O–H groups in total. The fraction of sp³-hybridized carbons (Fsp3) is 0.417. The summed E-state index contributed by atoms with van der Waals surface area (Å²) in [6.45, 7) is 6.29. The highest BCUT2D eigenvalue weighted by atomic mass is 16.4. The van der Waals surface area contributed by atoms with Crippen LogP contribution in [-0.2, 0) is 11.2 Å². The molecule has 0 aromatic heterocycles. The molecule has 1 fully saturated rings. The fourth-order valence-corrected chi connectivity index (χ4v) is 4.51. The van der Waals surface area contributed by atoms with Gasteiger partial charge in [-0.25, -0.2) is 0 Å². The Kier molecular flexibility index (Phi) is 5.07. The molecule has 0 aliphatic carbocycles. The predicted molar refractivity (Wildman–Crippen MR) is 115 cm³/mol. The van der Waals surface area contributed by atoms with E-state index < -0.39 is 11.4 Å². The zero-order valence-corrected chi connectivity index (χ0v) is 17.1. The van der Waals surface area contributed by atoms with E-state index in [0.717, 1.165) is 29.9 Å². The van der Waals surface area contributed by atoms with E-state index in [4.69, 9.17) is 0 Å². The first-order valence-corrected chi connectivity index (χ1v) is 10.4. The standard InChI is InChI=1S/C24H28N2O3/c1-17-15-19(25-12-5-6-13-25)9-10-20(17)22(27)26-14-11-24(2,23(28)29)16-18-7-3-4-8-21(18)26/h3-4,7-10,15H,5-6,11-14,16H2,1-2H3,(H,28,29). The third kappa shape index (κ3) is 3.61. The van der Waals surface area contributed by atoms with Crippen LogP contribution in [0.3, 0.4) is 0 Å². The summed E-state index contributed by atoms with van der Waals surface area (Å²) in [6, 6.07) is 13.7. The number of aliphatic carboxylic acids is 1. The van der Waals surface area contributed by atoms with Crippen molar-refractivity contribution in [2.45, 2.75) is 39.5 Å². The summed E-state index contributed by atoms with van der Waals surface area (Å²) in [5, 5.41) is 9.76. The van der Waals surface area contributed by atoms with Gasteiger partial charge >= 0.3 is 5.97 Å². The van der Waals surface area contributed by atoms with Gasteiger partial charge in [0, 0.05) is 36.6 Å². The number of anilines is 2. The van der Waals surface area contributed by atoms with Crippen LogP contribution in [0, 0.1) is 12.3 Å². The van der Waals surface area contributed by atoms with Crippen LogP contribution in [0.1, 0.15) is 47.7 Å². The molecule has 2 aliphatic rings. The second-order valence-electron chi connectivity index (χ2n) is 8.57. The van der Waals surface area contributed by atoms with Gasteiger partial charge in [-0.1, -0.05) is 18.2 Å². The summed E-state index contributed by atoms with van der Waals surface area (Å²) in [5.74, 6) is -0.870. The van der Waals surface area contributed by atoms with E-state index in [1.54, 1.807) is 11.8 Å². The van der Waals surface area contributed by atoms with Gasteiger partial charge in [0.05, 0.1) is 5.41 Å². The third-order valence-corrected chi connectivity index (χ3v) is 6.42. The summed E-state index contributed by atoms with van der Waals surface area (Å²) in [7, 11) is 0. The van der Waals surface area contributed by atoms with Crippen molar-refractivity contribution in [3.63, 3.8) is 0 Å². The molecule has 4 rings (SSSR count). The van der Waals surface area contributed by atoms with Crippen molar-refractivity contribution >= 4 is 23.3 Å². The first-order valence-electron chi connectivity index (χ1n) is 10.4. The zero-order valence-electron chi connectivity index (χ0n) is 17.1. The highest BCUT2D eigenvalue weighted by Gasteiger charge is 2.38. The van der Waals surface area contributed by atoms with Crippen LogP contribution in [0.25, 0.3) is 0 Å². The minimum absolute atomic E-state index is 0.0578. The van der Waals surface area contributed by atoms with Gasteiger partial charge < -0.3 is 14.9 Å². The molecule has 1 amide bonds. The number of hydrogen-bond acceptors (Lipinski definition) is 3. The van der Waals surface area contributed by atoms with E-state index in [1.807, 2.05) is 43.3 Å². The number of carbonyl (C=O) groups is 2. The van der Waals surface area contributed by atoms with Gasteiger partial charge in [-0.3, -0.25) is 9.59 Å². The number of aryl methyl sites for hydroxylation is 1. The predicted octanol–water partition coefficient (Wildman–Crippen LogP) is 4.28. The van der Waals surface area contributed by atoms with Gasteiger partial charge in [-0.05, 0) is 74.9 Å². The van der Waals surface area contributed by atoms with E-state index in [0.29, 0.717) is 24.9 Å². The summed E-state index contributed by atoms with van der Waals surface area (Å²) in [5.41, 5.74) is 3.68. The summed E-state index contributed by atoms with van der Waals surface area (Å²) in [6.07, 6.45) is 3.28. The minimum atomic E-state index is -0.875. The van der Waals surface area contributed by atoms with Crippen LogP contribution in [0.4, 0.5) is 11.4 Å². The normalized spacial score (nSPS) is 21.6. The van der Waals surface area contributed by atoms with Crippen molar-refractivity contribution in [3.05, 3.63) is 59.2 Å². The second-order valence-corrected chi connectivity index (χ2v) is 8.57. The monoisotopic (exact) mass is 392 g/mol. The molecule has 29 heavy (non-hydrogen) atoms. The first-order chi connectivity index (χ1) is 13.9. The van der Waals surface area contributed by atoms with E-state index in [-0.39, 0.29) is 5.91 Å². The molecule has 1 atom stereocenters. The number of carbonyl (C=O) groups excluding carboxylic acids is 1. The number of hydrogen-bond donors (Lipinski definition) is 1. The van der Waals surface area contributed by atoms with Crippen LogP contribution < -0.4 is 9.80 Å². The number of amides is 1. The fourth-order valence-electron chi connectivity index (χ4n) is 4.51. The lowest BCUT2D eigenvalue weighted by molar-refractivity contribution is -0.148. The highest BCUT2D eigenvalue weighted by Crippen LogP contribution is 2.37. The molecule has 0 saturated carbocycles. The number of fused-ring (bicyclic) bond motifs is 1. The lowest BCUT2D eigenvalue weighted by atomic mass is 9.81. The van der Waals surface area contributed by atoms with Crippen LogP contribution in [0.15, 0.2) is 42.5 Å². The number of nitrogens with zero attached hydrogens (tertiary/aromatic N) is 2. The molecule has 152 valence electrons. The van der Waals surface area contributed by atoms with Crippen LogP contribution in [0.2, 0.25) is 0 Å². The lowest BCUT2D eigenvalue weighted by Gasteiger charge is -2.25. The highest BCUT2D eigenvalue weighted by molar-refractivity contribution is 6.08. The van der Waals surface area contributed by atoms with E-state index >= 15 is 0 Å². The number of benzene rings is 2. The number of carboxylic acid groups (broad SMARTS) is 1. The molecule has 2 aromatic rings. The topological polar surface area (TPSA) is 60.9 Å². The average Bonchev–Trinajstić information content (AvgIpc) is 3.18. The Balaban J connectivity index is 1.67. The molecule has 5 heteroatoms. The Morgan fingerprint density at radius 1 is 1.03 bits per heavy atom. The molecular weight excluding hydrogens is 364 g/mol. The minimum Gasteiger partial charge on any atom is -0.481 e. The number of rotatable bonds is 3. The maximum absolute atomic E-state index is 13.5. The SMILES string of the molecule is Cc1cc(N2CCCC2)ccc1C(=O)N1CCC(C)(C(=O)O)Cc2ccccc21. The molecule has 5 nitrogen and oxygen atoms in total. The van der Waals surface area contributed by atoms with Crippen molar-refractivity contribution in [1.29, 1.82) is 0 Å². The Morgan fingerprint density at radius 2 is 1.76 bits per heavy atom. The molecule has 2 heterocycles. The van der Waals surface area contributed by atoms with Gasteiger partial charge in [0.15, 0.2) is 0 Å². The van der Waals surface area contributed by atoms with Crippen LogP contribution in [0.5, 0.6) is 0 Å². The first kappa shape index (κ1) is 19.5. The largest absolute Gasteiger partial charge is 0.481 e. The van der Waals surface area contributed by atoms with Gasteiger partial charge in [-0.15, -0.1) is 0 Å². The Bertz CT molecular complexity index is 949. The Hall–Kier alpha value is -2.82. The lowest BCUT2D eigenvalue weighted by Crippen LogP contribution is -2.35. The van der Waals surface area contributed by atoms with Gasteiger partial charge in [0.25, 0.3) is 5.91 Å². The van der Waals surface area contributed by atoms with Crippen molar-refractivity contribution in [3.8, 4) is 0 Å². The van der Waals surface area contributed by atoms with E-state index in [1.165, 1.54) is 18.5 Å². The summed E-state index contributed by atoms with van der Waals surface area (Å²) < 4.78 is 0.